The number of amides is 1. The van der Waals surface area contributed by atoms with E-state index < -0.39 is 5.82 Å². The van der Waals surface area contributed by atoms with Crippen LogP contribution >= 0.6 is 0 Å². The van der Waals surface area contributed by atoms with E-state index in [1.54, 1.807) is 23.7 Å². The van der Waals surface area contributed by atoms with Crippen LogP contribution in [0.5, 0.6) is 0 Å². The second-order valence-corrected chi connectivity index (χ2v) is 7.01. The molecule has 1 fully saturated rings. The number of hydrogen-bond donors (Lipinski definition) is 2. The van der Waals surface area contributed by atoms with Crippen LogP contribution in [-0.2, 0) is 0 Å². The predicted octanol–water partition coefficient (Wildman–Crippen LogP) is 3.70. The van der Waals surface area contributed by atoms with E-state index in [-0.39, 0.29) is 11.5 Å². The first kappa shape index (κ1) is 16.6. The Morgan fingerprint density at radius 2 is 2.18 bits per heavy atom. The third-order valence-electron chi connectivity index (χ3n) is 4.94. The number of fused-ring (bicyclic) bond motifs is 1. The Morgan fingerprint density at radius 3 is 3.00 bits per heavy atom. The Labute approximate surface area is 159 Å². The number of halogens is 1. The number of carbonyl (C=O) groups is 1. The molecule has 5 rings (SSSR count). The molecule has 2 N–H and O–H groups in total. The summed E-state index contributed by atoms with van der Waals surface area (Å²) in [6, 6.07) is 8.46. The Morgan fingerprint density at radius 1 is 1.32 bits per heavy atom. The molecular formula is C20H17FN6O. The molecular weight excluding hydrogens is 359 g/mol. The van der Waals surface area contributed by atoms with Crippen molar-refractivity contribution in [3.63, 3.8) is 0 Å². The van der Waals surface area contributed by atoms with Crippen LogP contribution < -0.4 is 5.32 Å². The van der Waals surface area contributed by atoms with E-state index in [2.05, 4.69) is 25.6 Å². The lowest BCUT2D eigenvalue weighted by Crippen LogP contribution is -2.13. The van der Waals surface area contributed by atoms with Crippen molar-refractivity contribution >= 4 is 17.1 Å². The zero-order valence-corrected chi connectivity index (χ0v) is 15.1. The molecule has 4 aromatic rings. The van der Waals surface area contributed by atoms with E-state index in [1.165, 1.54) is 12.3 Å². The van der Waals surface area contributed by atoms with Gasteiger partial charge in [0.15, 0.2) is 5.82 Å². The number of anilines is 1. The Balaban J connectivity index is 1.48. The number of aromatic nitrogens is 5. The van der Waals surface area contributed by atoms with Gasteiger partial charge in [0, 0.05) is 17.8 Å². The average molecular weight is 376 g/mol. The second-order valence-electron chi connectivity index (χ2n) is 7.01. The van der Waals surface area contributed by atoms with Gasteiger partial charge < -0.3 is 5.32 Å². The third-order valence-corrected chi connectivity index (χ3v) is 4.94. The van der Waals surface area contributed by atoms with E-state index >= 15 is 0 Å². The fraction of sp³-hybridized carbons (Fsp3) is 0.200. The average Bonchev–Trinajstić information content (AvgIpc) is 3.26. The van der Waals surface area contributed by atoms with Crippen molar-refractivity contribution in [2.45, 2.75) is 25.7 Å². The molecule has 1 amide bonds. The number of nitrogens with one attached hydrogen (secondary N) is 2. The van der Waals surface area contributed by atoms with Crippen LogP contribution in [0, 0.1) is 12.7 Å². The zero-order chi connectivity index (χ0) is 19.3. The van der Waals surface area contributed by atoms with Gasteiger partial charge in [-0.1, -0.05) is 6.07 Å². The monoisotopic (exact) mass is 376 g/mol. The molecule has 3 aromatic heterocycles. The highest BCUT2D eigenvalue weighted by Gasteiger charge is 2.28. The molecule has 0 bridgehead atoms. The summed E-state index contributed by atoms with van der Waals surface area (Å²) in [5, 5.41) is 14.1. The largest absolute Gasteiger partial charge is 0.322 e. The summed E-state index contributed by atoms with van der Waals surface area (Å²) in [7, 11) is 0. The summed E-state index contributed by atoms with van der Waals surface area (Å²) in [4.78, 5) is 17.2. The van der Waals surface area contributed by atoms with Crippen molar-refractivity contribution in [2.75, 3.05) is 5.32 Å². The molecule has 140 valence electrons. The maximum Gasteiger partial charge on any atom is 0.259 e. The van der Waals surface area contributed by atoms with E-state index in [1.807, 2.05) is 18.2 Å². The lowest BCUT2D eigenvalue weighted by atomic mass is 10.1. The fourth-order valence-corrected chi connectivity index (χ4v) is 3.21. The van der Waals surface area contributed by atoms with Crippen LogP contribution in [0.15, 0.2) is 42.7 Å². The first-order chi connectivity index (χ1) is 13.6. The summed E-state index contributed by atoms with van der Waals surface area (Å²) >= 11 is 0. The lowest BCUT2D eigenvalue weighted by molar-refractivity contribution is 0.102. The topological polar surface area (TPSA) is 88.0 Å². The van der Waals surface area contributed by atoms with Gasteiger partial charge in [-0.2, -0.15) is 10.2 Å². The highest BCUT2D eigenvalue weighted by atomic mass is 19.1. The molecule has 0 aliphatic heterocycles. The summed E-state index contributed by atoms with van der Waals surface area (Å²) in [5.41, 5.74) is 2.52. The van der Waals surface area contributed by atoms with Crippen molar-refractivity contribution in [1.82, 2.24) is 24.8 Å². The zero-order valence-electron chi connectivity index (χ0n) is 15.1. The Hall–Kier alpha value is -3.55. The molecule has 1 aliphatic carbocycles. The van der Waals surface area contributed by atoms with Gasteiger partial charge in [0.1, 0.15) is 11.6 Å². The van der Waals surface area contributed by atoms with E-state index in [9.17, 15) is 9.18 Å². The van der Waals surface area contributed by atoms with Crippen molar-refractivity contribution in [1.29, 1.82) is 0 Å². The standard InChI is InChI=1S/C20H17FN6O/c1-11-8-15(21)13(19-24-18(25-26-19)12-5-6-12)9-16(11)23-20(28)14-10-22-27-7-3-2-4-17(14)27/h2-4,7-10,12H,5-6H2,1H3,(H,23,28)(H,24,25,26). The molecule has 0 radical (unpaired) electrons. The summed E-state index contributed by atoms with van der Waals surface area (Å²) in [6.45, 7) is 1.74. The molecule has 0 unspecified atom stereocenters. The van der Waals surface area contributed by atoms with Gasteiger partial charge in [-0.15, -0.1) is 0 Å². The van der Waals surface area contributed by atoms with Crippen LogP contribution in [-0.4, -0.2) is 30.7 Å². The van der Waals surface area contributed by atoms with Crippen LogP contribution in [0.25, 0.3) is 16.9 Å². The molecule has 0 saturated heterocycles. The molecule has 28 heavy (non-hydrogen) atoms. The quantitative estimate of drug-likeness (QED) is 0.568. The van der Waals surface area contributed by atoms with Crippen LogP contribution in [0.4, 0.5) is 10.1 Å². The van der Waals surface area contributed by atoms with Gasteiger partial charge in [-0.25, -0.2) is 13.9 Å². The van der Waals surface area contributed by atoms with Gasteiger partial charge in [0.05, 0.1) is 22.8 Å². The van der Waals surface area contributed by atoms with E-state index in [0.29, 0.717) is 34.1 Å². The number of pyridine rings is 1. The van der Waals surface area contributed by atoms with E-state index in [0.717, 1.165) is 18.7 Å². The smallest absolute Gasteiger partial charge is 0.259 e. The van der Waals surface area contributed by atoms with Gasteiger partial charge >= 0.3 is 0 Å². The van der Waals surface area contributed by atoms with Crippen molar-refractivity contribution in [2.24, 2.45) is 0 Å². The number of benzene rings is 1. The molecule has 3 heterocycles. The first-order valence-corrected chi connectivity index (χ1v) is 9.06. The minimum absolute atomic E-state index is 0.254. The number of aromatic amines is 1. The number of rotatable bonds is 4. The predicted molar refractivity (Wildman–Crippen MR) is 102 cm³/mol. The fourth-order valence-electron chi connectivity index (χ4n) is 3.21. The second kappa shape index (κ2) is 6.26. The highest BCUT2D eigenvalue weighted by molar-refractivity contribution is 6.09. The summed E-state index contributed by atoms with van der Waals surface area (Å²) in [5.74, 6) is 0.741. The van der Waals surface area contributed by atoms with Crippen molar-refractivity contribution in [3.8, 4) is 11.4 Å². The minimum atomic E-state index is -0.423. The third kappa shape index (κ3) is 2.83. The maximum atomic E-state index is 14.5. The molecule has 0 atom stereocenters. The van der Waals surface area contributed by atoms with Gasteiger partial charge in [-0.3, -0.25) is 9.89 Å². The molecule has 1 saturated carbocycles. The van der Waals surface area contributed by atoms with Gasteiger partial charge in [-0.05, 0) is 49.6 Å². The molecule has 7 nitrogen and oxygen atoms in total. The van der Waals surface area contributed by atoms with Gasteiger partial charge in [0.2, 0.25) is 0 Å². The Kier molecular flexibility index (Phi) is 3.71. The SMILES string of the molecule is Cc1cc(F)c(-c2n[nH]c(C3CC3)n2)cc1NC(=O)c1cnn2ccccc12. The number of H-pyrrole nitrogens is 1. The summed E-state index contributed by atoms with van der Waals surface area (Å²) < 4.78 is 16.2. The van der Waals surface area contributed by atoms with Crippen LogP contribution in [0.1, 0.15) is 40.5 Å². The van der Waals surface area contributed by atoms with Crippen molar-refractivity contribution in [3.05, 3.63) is 65.5 Å². The molecule has 0 spiro atoms. The van der Waals surface area contributed by atoms with E-state index in [4.69, 9.17) is 0 Å². The molecule has 1 aliphatic rings. The molecule has 8 heteroatoms. The normalized spacial score (nSPS) is 13.8. The highest BCUT2D eigenvalue weighted by Crippen LogP contribution is 2.38. The number of carbonyl (C=O) groups excluding carboxylic acids is 1. The number of hydrogen-bond acceptors (Lipinski definition) is 4. The first-order valence-electron chi connectivity index (χ1n) is 9.06. The number of aryl methyl sites for hydroxylation is 1. The Bertz CT molecular complexity index is 1210. The van der Waals surface area contributed by atoms with Crippen LogP contribution in [0.2, 0.25) is 0 Å². The molecule has 1 aromatic carbocycles. The van der Waals surface area contributed by atoms with Gasteiger partial charge in [0.25, 0.3) is 5.91 Å². The van der Waals surface area contributed by atoms with Crippen molar-refractivity contribution < 1.29 is 9.18 Å². The minimum Gasteiger partial charge on any atom is -0.322 e. The lowest BCUT2D eigenvalue weighted by Gasteiger charge is -2.10. The maximum absolute atomic E-state index is 14.5. The van der Waals surface area contributed by atoms with Crippen LogP contribution in [0.3, 0.4) is 0 Å². The summed E-state index contributed by atoms with van der Waals surface area (Å²) in [6.07, 6.45) is 5.44. The number of nitrogens with zero attached hydrogens (tertiary/aromatic N) is 4.